The van der Waals surface area contributed by atoms with E-state index in [2.05, 4.69) is 76.3 Å². The molecule has 0 saturated heterocycles. The molecule has 2 aliphatic carbocycles. The average molecular weight is 385 g/mol. The van der Waals surface area contributed by atoms with Crippen molar-refractivity contribution >= 4 is 12.2 Å². The molecule has 0 bridgehead atoms. The van der Waals surface area contributed by atoms with Gasteiger partial charge in [0.15, 0.2) is 0 Å². The molecule has 2 aliphatic rings. The van der Waals surface area contributed by atoms with Crippen molar-refractivity contribution in [3.63, 3.8) is 0 Å². The van der Waals surface area contributed by atoms with Gasteiger partial charge in [0.2, 0.25) is 0 Å². The van der Waals surface area contributed by atoms with Crippen molar-refractivity contribution < 1.29 is 0 Å². The molecular formula is C29H36. The number of fused-ring (bicyclic) bond motifs is 2. The Morgan fingerprint density at radius 2 is 0.931 bits per heavy atom. The maximum Gasteiger partial charge on any atom is 0.00300 e. The third-order valence-corrected chi connectivity index (χ3v) is 7.22. The van der Waals surface area contributed by atoms with Crippen LogP contribution < -0.4 is 0 Å². The van der Waals surface area contributed by atoms with E-state index >= 15 is 0 Å². The quantitative estimate of drug-likeness (QED) is 0.432. The van der Waals surface area contributed by atoms with Crippen LogP contribution in [0.5, 0.6) is 0 Å². The Morgan fingerprint density at radius 3 is 1.31 bits per heavy atom. The summed E-state index contributed by atoms with van der Waals surface area (Å²) >= 11 is 0. The monoisotopic (exact) mass is 384 g/mol. The normalized spacial score (nSPS) is 19.0. The van der Waals surface area contributed by atoms with Crippen LogP contribution in [0, 0.1) is 0 Å². The number of aryl methyl sites for hydroxylation is 4. The molecule has 2 aromatic rings. The highest BCUT2D eigenvalue weighted by molar-refractivity contribution is 5.69. The van der Waals surface area contributed by atoms with Crippen molar-refractivity contribution in [3.05, 3.63) is 80.9 Å². The van der Waals surface area contributed by atoms with Crippen molar-refractivity contribution in [1.82, 2.24) is 0 Å². The van der Waals surface area contributed by atoms with Gasteiger partial charge in [0.25, 0.3) is 0 Å². The molecule has 0 N–H and O–H groups in total. The van der Waals surface area contributed by atoms with E-state index < -0.39 is 0 Å². The van der Waals surface area contributed by atoms with Crippen LogP contribution >= 0.6 is 0 Å². The van der Waals surface area contributed by atoms with Gasteiger partial charge >= 0.3 is 0 Å². The molecule has 2 unspecified atom stereocenters. The third kappa shape index (κ3) is 3.63. The second kappa shape index (κ2) is 8.74. The summed E-state index contributed by atoms with van der Waals surface area (Å²) < 4.78 is 0. The Morgan fingerprint density at radius 1 is 0.552 bits per heavy atom. The zero-order chi connectivity index (χ0) is 20.4. The smallest absolute Gasteiger partial charge is 0.00300 e. The molecule has 0 spiro atoms. The Hall–Kier alpha value is -2.08. The minimum Gasteiger partial charge on any atom is -0.0764 e. The first-order valence-electron chi connectivity index (χ1n) is 11.9. The highest BCUT2D eigenvalue weighted by Crippen LogP contribution is 2.42. The molecule has 0 heteroatoms. The van der Waals surface area contributed by atoms with Crippen molar-refractivity contribution in [2.75, 3.05) is 0 Å². The van der Waals surface area contributed by atoms with E-state index in [1.807, 2.05) is 0 Å². The van der Waals surface area contributed by atoms with Gasteiger partial charge in [-0.2, -0.15) is 0 Å². The van der Waals surface area contributed by atoms with Gasteiger partial charge in [-0.1, -0.05) is 82.7 Å². The van der Waals surface area contributed by atoms with Crippen LogP contribution in [0.25, 0.3) is 12.2 Å². The molecule has 2 aromatic carbocycles. The molecule has 0 fully saturated rings. The first-order chi connectivity index (χ1) is 14.2. The Labute approximate surface area is 177 Å². The molecule has 0 amide bonds. The fraction of sp³-hybridized carbons (Fsp3) is 0.448. The molecule has 0 saturated carbocycles. The van der Waals surface area contributed by atoms with Crippen LogP contribution in [-0.4, -0.2) is 0 Å². The third-order valence-electron chi connectivity index (χ3n) is 7.22. The van der Waals surface area contributed by atoms with Gasteiger partial charge in [-0.25, -0.2) is 0 Å². The number of hydrogen-bond donors (Lipinski definition) is 0. The van der Waals surface area contributed by atoms with Crippen molar-refractivity contribution in [1.29, 1.82) is 0 Å². The Balaban J connectivity index is 1.49. The summed E-state index contributed by atoms with van der Waals surface area (Å²) in [6.07, 6.45) is 18.2. The van der Waals surface area contributed by atoms with Gasteiger partial charge in [-0.05, 0) is 83.0 Å². The SMILES string of the molecule is CCc1ccc(CC)c2c1C=CC2CCCC1C=Cc2c(CC)ccc(CC)c21. The van der Waals surface area contributed by atoms with Gasteiger partial charge in [-0.15, -0.1) is 0 Å². The molecule has 0 heterocycles. The minimum atomic E-state index is 0.615. The number of rotatable bonds is 8. The molecule has 152 valence electrons. The molecule has 0 aliphatic heterocycles. The zero-order valence-electron chi connectivity index (χ0n) is 18.7. The Kier molecular flexibility index (Phi) is 6.09. The largest absolute Gasteiger partial charge is 0.0764 e. The highest BCUT2D eigenvalue weighted by atomic mass is 14.3. The summed E-state index contributed by atoms with van der Waals surface area (Å²) in [4.78, 5) is 0. The van der Waals surface area contributed by atoms with Gasteiger partial charge in [0.1, 0.15) is 0 Å². The molecule has 29 heavy (non-hydrogen) atoms. The zero-order valence-corrected chi connectivity index (χ0v) is 18.7. The number of benzene rings is 2. The summed E-state index contributed by atoms with van der Waals surface area (Å²) in [5, 5.41) is 0. The summed E-state index contributed by atoms with van der Waals surface area (Å²) in [6.45, 7) is 9.16. The van der Waals surface area contributed by atoms with Crippen LogP contribution in [0.4, 0.5) is 0 Å². The fourth-order valence-electron chi connectivity index (χ4n) is 5.61. The van der Waals surface area contributed by atoms with Crippen LogP contribution in [0.1, 0.15) is 103 Å². The fourth-order valence-corrected chi connectivity index (χ4v) is 5.61. The Bertz CT molecular complexity index is 863. The van der Waals surface area contributed by atoms with Crippen molar-refractivity contribution in [2.45, 2.75) is 84.5 Å². The average Bonchev–Trinajstić information content (AvgIpc) is 3.38. The highest BCUT2D eigenvalue weighted by Gasteiger charge is 2.25. The first-order valence-corrected chi connectivity index (χ1v) is 11.9. The number of allylic oxidation sites excluding steroid dienone is 2. The van der Waals surface area contributed by atoms with Crippen LogP contribution in [0.2, 0.25) is 0 Å². The lowest BCUT2D eigenvalue weighted by Crippen LogP contribution is -2.04. The lowest BCUT2D eigenvalue weighted by atomic mass is 9.85. The minimum absolute atomic E-state index is 0.615. The maximum absolute atomic E-state index is 2.48. The first kappa shape index (κ1) is 20.2. The van der Waals surface area contributed by atoms with E-state index in [9.17, 15) is 0 Å². The van der Waals surface area contributed by atoms with Crippen LogP contribution in [0.3, 0.4) is 0 Å². The van der Waals surface area contributed by atoms with E-state index in [1.54, 1.807) is 22.3 Å². The van der Waals surface area contributed by atoms with Gasteiger partial charge in [0.05, 0.1) is 0 Å². The van der Waals surface area contributed by atoms with Crippen molar-refractivity contribution in [3.8, 4) is 0 Å². The topological polar surface area (TPSA) is 0 Å². The lowest BCUT2D eigenvalue weighted by Gasteiger charge is -2.20. The summed E-state index contributed by atoms with van der Waals surface area (Å²) in [5.41, 5.74) is 12.5. The molecule has 4 rings (SSSR count). The summed E-state index contributed by atoms with van der Waals surface area (Å²) in [7, 11) is 0. The standard InChI is InChI=1S/C29H36/c1-5-20-12-14-22(7-3)28-24(16-18-26(20)28)10-9-11-25-17-19-27-21(6-2)13-15-23(8-4)29(25)27/h12-19,24-25H,5-11H2,1-4H3. The predicted octanol–water partition coefficient (Wildman–Crippen LogP) is 8.03. The van der Waals surface area contributed by atoms with Crippen LogP contribution in [0.15, 0.2) is 36.4 Å². The van der Waals surface area contributed by atoms with E-state index in [-0.39, 0.29) is 0 Å². The predicted molar refractivity (Wildman–Crippen MR) is 128 cm³/mol. The van der Waals surface area contributed by atoms with Gasteiger partial charge in [0, 0.05) is 11.8 Å². The molecular weight excluding hydrogens is 348 g/mol. The molecule has 2 atom stereocenters. The lowest BCUT2D eigenvalue weighted by molar-refractivity contribution is 0.608. The summed E-state index contributed by atoms with van der Waals surface area (Å²) in [6, 6.07) is 9.46. The van der Waals surface area contributed by atoms with Gasteiger partial charge in [-0.3, -0.25) is 0 Å². The van der Waals surface area contributed by atoms with Crippen molar-refractivity contribution in [2.24, 2.45) is 0 Å². The van der Waals surface area contributed by atoms with E-state index in [0.29, 0.717) is 11.8 Å². The second-order valence-corrected chi connectivity index (χ2v) is 8.70. The molecule has 0 nitrogen and oxygen atoms in total. The van der Waals surface area contributed by atoms with Gasteiger partial charge < -0.3 is 0 Å². The van der Waals surface area contributed by atoms with E-state index in [0.717, 1.165) is 25.7 Å². The van der Waals surface area contributed by atoms with E-state index in [1.165, 1.54) is 41.5 Å². The van der Waals surface area contributed by atoms with E-state index in [4.69, 9.17) is 0 Å². The second-order valence-electron chi connectivity index (χ2n) is 8.70. The molecule has 0 radical (unpaired) electrons. The number of hydrogen-bond acceptors (Lipinski definition) is 0. The maximum atomic E-state index is 2.48. The van der Waals surface area contributed by atoms with Crippen LogP contribution in [-0.2, 0) is 25.7 Å². The summed E-state index contributed by atoms with van der Waals surface area (Å²) in [5.74, 6) is 1.23. The molecule has 0 aromatic heterocycles.